The first kappa shape index (κ1) is 21.6. The van der Waals surface area contributed by atoms with Crippen molar-refractivity contribution in [2.24, 2.45) is 11.1 Å². The molecule has 172 valence electrons. The molecule has 3 aromatic heterocycles. The zero-order valence-corrected chi connectivity index (χ0v) is 19.1. The van der Waals surface area contributed by atoms with E-state index in [1.807, 2.05) is 30.3 Å². The van der Waals surface area contributed by atoms with Gasteiger partial charge >= 0.3 is 0 Å². The Morgan fingerprint density at radius 2 is 1.97 bits per heavy atom. The molecule has 2 fully saturated rings. The van der Waals surface area contributed by atoms with Crippen molar-refractivity contribution in [2.45, 2.75) is 44.6 Å². The third-order valence-corrected chi connectivity index (χ3v) is 6.98. The van der Waals surface area contributed by atoms with Crippen molar-refractivity contribution in [1.29, 1.82) is 0 Å². The highest BCUT2D eigenvalue weighted by atomic mass is 16.5. The normalized spacial score (nSPS) is 19.9. The number of ether oxygens (including phenoxy) is 1. The van der Waals surface area contributed by atoms with E-state index in [9.17, 15) is 0 Å². The van der Waals surface area contributed by atoms with Crippen molar-refractivity contribution >= 4 is 17.5 Å². The quantitative estimate of drug-likeness (QED) is 0.603. The van der Waals surface area contributed by atoms with Gasteiger partial charge in [0.25, 0.3) is 0 Å². The van der Waals surface area contributed by atoms with E-state index in [1.54, 1.807) is 25.7 Å². The van der Waals surface area contributed by atoms with E-state index in [2.05, 4.69) is 20.2 Å². The van der Waals surface area contributed by atoms with E-state index in [0.717, 1.165) is 49.5 Å². The van der Waals surface area contributed by atoms with E-state index in [1.165, 1.54) is 19.3 Å². The van der Waals surface area contributed by atoms with Crippen LogP contribution in [0.4, 0.5) is 17.5 Å². The van der Waals surface area contributed by atoms with Crippen molar-refractivity contribution in [3.63, 3.8) is 0 Å². The lowest BCUT2D eigenvalue weighted by Crippen LogP contribution is -2.45. The second-order valence-electron chi connectivity index (χ2n) is 9.23. The van der Waals surface area contributed by atoms with E-state index >= 15 is 0 Å². The Morgan fingerprint density at radius 1 is 1.09 bits per heavy atom. The summed E-state index contributed by atoms with van der Waals surface area (Å²) in [6.07, 6.45) is 12.4. The van der Waals surface area contributed by atoms with Crippen LogP contribution in [0.15, 0.2) is 48.9 Å². The number of nitrogens with one attached hydrogen (secondary N) is 1. The van der Waals surface area contributed by atoms with Crippen LogP contribution in [0, 0.1) is 5.41 Å². The fraction of sp³-hybridized carbons (Fsp3) is 0.440. The lowest BCUT2D eigenvalue weighted by Gasteiger charge is -2.46. The second kappa shape index (κ2) is 9.31. The third kappa shape index (κ3) is 4.90. The zero-order valence-electron chi connectivity index (χ0n) is 19.1. The molecule has 0 bridgehead atoms. The van der Waals surface area contributed by atoms with Crippen LogP contribution >= 0.6 is 0 Å². The van der Waals surface area contributed by atoms with Gasteiger partial charge in [0.05, 0.1) is 7.11 Å². The number of rotatable bonds is 5. The number of hydrogen-bond donors (Lipinski definition) is 2. The number of methoxy groups -OCH3 is 1. The summed E-state index contributed by atoms with van der Waals surface area (Å²) < 4.78 is 5.33. The first-order valence-corrected chi connectivity index (χ1v) is 11.7. The number of nitrogens with two attached hydrogens (primary N) is 1. The Kier molecular flexibility index (Phi) is 6.09. The van der Waals surface area contributed by atoms with Crippen molar-refractivity contribution in [3.05, 3.63) is 48.9 Å². The summed E-state index contributed by atoms with van der Waals surface area (Å²) >= 11 is 0. The molecule has 1 unspecified atom stereocenters. The molecule has 0 amide bonds. The van der Waals surface area contributed by atoms with Gasteiger partial charge in [-0.25, -0.2) is 15.0 Å². The standard InChI is InChI=1S/C25H31N7O/c1-33-20-6-11-28-21(14-20)29-22-15-23(31-24(30-22)18-4-3-10-27-17-18)32-12-8-25(9-13-32)7-2-5-19(26)16-25/h3-4,6,10-11,14-15,17,19H,2,5,7-9,12-13,16,26H2,1H3,(H,28,29,30,31). The topological polar surface area (TPSA) is 102 Å². The number of pyridine rings is 2. The number of hydrogen-bond acceptors (Lipinski definition) is 8. The smallest absolute Gasteiger partial charge is 0.165 e. The minimum atomic E-state index is 0.354. The van der Waals surface area contributed by atoms with Gasteiger partial charge in [0.2, 0.25) is 0 Å². The number of anilines is 3. The molecule has 1 saturated heterocycles. The monoisotopic (exact) mass is 445 g/mol. The minimum absolute atomic E-state index is 0.354. The summed E-state index contributed by atoms with van der Waals surface area (Å²) in [4.78, 5) is 20.7. The molecule has 0 radical (unpaired) electrons. The zero-order chi connectivity index (χ0) is 22.7. The largest absolute Gasteiger partial charge is 0.497 e. The molecule has 2 aliphatic rings. The van der Waals surface area contributed by atoms with Crippen LogP contribution in [0.1, 0.15) is 38.5 Å². The summed E-state index contributed by atoms with van der Waals surface area (Å²) in [5, 5.41) is 3.33. The van der Waals surface area contributed by atoms with E-state index < -0.39 is 0 Å². The summed E-state index contributed by atoms with van der Waals surface area (Å²) in [5.41, 5.74) is 7.60. The molecule has 4 heterocycles. The van der Waals surface area contributed by atoms with Gasteiger partial charge < -0.3 is 20.7 Å². The SMILES string of the molecule is COc1ccnc(Nc2cc(N3CCC4(CCCC(N)C4)CC3)nc(-c3cccnc3)n2)c1. The van der Waals surface area contributed by atoms with Gasteiger partial charge in [-0.2, -0.15) is 0 Å². The molecular formula is C25H31N7O. The Labute approximate surface area is 194 Å². The van der Waals surface area contributed by atoms with E-state index in [-0.39, 0.29) is 0 Å². The molecular weight excluding hydrogens is 414 g/mol. The molecule has 1 spiro atoms. The lowest BCUT2D eigenvalue weighted by molar-refractivity contribution is 0.130. The van der Waals surface area contributed by atoms with Gasteiger partial charge in [-0.05, 0) is 55.7 Å². The van der Waals surface area contributed by atoms with Gasteiger partial charge in [0.1, 0.15) is 23.2 Å². The molecule has 8 nitrogen and oxygen atoms in total. The van der Waals surface area contributed by atoms with Crippen molar-refractivity contribution < 1.29 is 4.74 Å². The highest BCUT2D eigenvalue weighted by molar-refractivity contribution is 5.64. The summed E-state index contributed by atoms with van der Waals surface area (Å²) in [6, 6.07) is 9.91. The predicted molar refractivity (Wildman–Crippen MR) is 130 cm³/mol. The van der Waals surface area contributed by atoms with Crippen LogP contribution in [-0.2, 0) is 0 Å². The van der Waals surface area contributed by atoms with Crippen LogP contribution in [0.5, 0.6) is 5.75 Å². The number of aromatic nitrogens is 4. The van der Waals surface area contributed by atoms with E-state index in [4.69, 9.17) is 20.4 Å². The molecule has 33 heavy (non-hydrogen) atoms. The minimum Gasteiger partial charge on any atom is -0.497 e. The fourth-order valence-corrected chi connectivity index (χ4v) is 5.19. The summed E-state index contributed by atoms with van der Waals surface area (Å²) in [6.45, 7) is 1.96. The lowest BCUT2D eigenvalue weighted by atomic mass is 9.67. The molecule has 8 heteroatoms. The van der Waals surface area contributed by atoms with Crippen molar-refractivity contribution in [2.75, 3.05) is 30.4 Å². The first-order valence-electron chi connectivity index (χ1n) is 11.7. The predicted octanol–water partition coefficient (Wildman–Crippen LogP) is 4.17. The second-order valence-corrected chi connectivity index (χ2v) is 9.23. The fourth-order valence-electron chi connectivity index (χ4n) is 5.19. The maximum atomic E-state index is 6.32. The molecule has 1 aliphatic carbocycles. The Morgan fingerprint density at radius 3 is 2.73 bits per heavy atom. The number of nitrogens with zero attached hydrogens (tertiary/aromatic N) is 5. The maximum absolute atomic E-state index is 6.32. The van der Waals surface area contributed by atoms with Crippen LogP contribution < -0.4 is 20.7 Å². The highest BCUT2D eigenvalue weighted by Gasteiger charge is 2.38. The first-order chi connectivity index (χ1) is 16.1. The van der Waals surface area contributed by atoms with Gasteiger partial charge in [0.15, 0.2) is 5.82 Å². The summed E-state index contributed by atoms with van der Waals surface area (Å²) in [5.74, 6) is 3.67. The molecule has 1 atom stereocenters. The Hall–Kier alpha value is -3.26. The Balaban J connectivity index is 1.42. The maximum Gasteiger partial charge on any atom is 0.165 e. The summed E-state index contributed by atoms with van der Waals surface area (Å²) in [7, 11) is 1.64. The van der Waals surface area contributed by atoms with Crippen LogP contribution in [0.3, 0.4) is 0 Å². The van der Waals surface area contributed by atoms with Crippen molar-refractivity contribution in [1.82, 2.24) is 19.9 Å². The number of piperidine rings is 1. The molecule has 3 aromatic rings. The van der Waals surface area contributed by atoms with Crippen LogP contribution in [0.25, 0.3) is 11.4 Å². The molecule has 0 aromatic carbocycles. The van der Waals surface area contributed by atoms with Crippen LogP contribution in [0.2, 0.25) is 0 Å². The molecule has 3 N–H and O–H groups in total. The van der Waals surface area contributed by atoms with Crippen LogP contribution in [-0.4, -0.2) is 46.2 Å². The molecule has 5 rings (SSSR count). The van der Waals surface area contributed by atoms with Crippen molar-refractivity contribution in [3.8, 4) is 17.1 Å². The van der Waals surface area contributed by atoms with Gasteiger partial charge in [-0.3, -0.25) is 4.98 Å². The average molecular weight is 446 g/mol. The van der Waals surface area contributed by atoms with Gasteiger partial charge in [0, 0.05) is 55.4 Å². The van der Waals surface area contributed by atoms with Gasteiger partial charge in [-0.15, -0.1) is 0 Å². The molecule has 1 saturated carbocycles. The Bertz CT molecular complexity index is 1080. The average Bonchev–Trinajstić information content (AvgIpc) is 2.85. The van der Waals surface area contributed by atoms with E-state index in [0.29, 0.717) is 28.9 Å². The third-order valence-electron chi connectivity index (χ3n) is 6.98. The van der Waals surface area contributed by atoms with Gasteiger partial charge in [-0.1, -0.05) is 6.42 Å². The molecule has 1 aliphatic heterocycles. The highest BCUT2D eigenvalue weighted by Crippen LogP contribution is 2.44.